The molecule has 0 unspecified atom stereocenters. The van der Waals surface area contributed by atoms with E-state index in [0.29, 0.717) is 0 Å². The quantitative estimate of drug-likeness (QED) is 0.503. The Balaban J connectivity index is 1.74. The normalized spacial score (nSPS) is 10.8. The van der Waals surface area contributed by atoms with Gasteiger partial charge in [0.15, 0.2) is 5.16 Å². The van der Waals surface area contributed by atoms with E-state index in [1.807, 2.05) is 26.1 Å². The number of hydrogen-bond donors (Lipinski definition) is 1. The molecule has 2 heterocycles. The van der Waals surface area contributed by atoms with Crippen LogP contribution in [0.25, 0.3) is 0 Å². The van der Waals surface area contributed by atoms with Crippen molar-refractivity contribution in [2.75, 3.05) is 12.3 Å². The van der Waals surface area contributed by atoms with Crippen LogP contribution in [0.1, 0.15) is 22.5 Å². The topological polar surface area (TPSA) is 50.7 Å². The second kappa shape index (κ2) is 7.36. The number of nitrogens with one attached hydrogen (secondary N) is 1. The van der Waals surface area contributed by atoms with Crippen LogP contribution in [0.2, 0.25) is 0 Å². The van der Waals surface area contributed by atoms with E-state index < -0.39 is 0 Å². The van der Waals surface area contributed by atoms with Crippen molar-refractivity contribution in [2.24, 2.45) is 0 Å². The van der Waals surface area contributed by atoms with Gasteiger partial charge in [-0.2, -0.15) is 0 Å². The van der Waals surface area contributed by atoms with Crippen LogP contribution in [0.3, 0.4) is 0 Å². The third kappa shape index (κ3) is 4.28. The lowest BCUT2D eigenvalue weighted by molar-refractivity contribution is 0.728. The van der Waals surface area contributed by atoms with Crippen molar-refractivity contribution in [2.45, 2.75) is 32.5 Å². The van der Waals surface area contributed by atoms with E-state index in [-0.39, 0.29) is 0 Å². The summed E-state index contributed by atoms with van der Waals surface area (Å²) in [5.41, 5.74) is 4.53. The summed E-state index contributed by atoms with van der Waals surface area (Å²) in [7, 11) is 0. The Morgan fingerprint density at radius 2 is 1.90 bits per heavy atom. The van der Waals surface area contributed by atoms with E-state index in [1.165, 1.54) is 11.1 Å². The van der Waals surface area contributed by atoms with E-state index >= 15 is 0 Å². The number of nitrogens with zero attached hydrogens (tertiary/aromatic N) is 3. The molecule has 4 nitrogen and oxygen atoms in total. The third-order valence-corrected chi connectivity index (χ3v) is 4.02. The molecule has 0 spiro atoms. The SMILES string of the molecule is Cc1nc(SCCNCc2cccnc2)nc(C)c1C. The fraction of sp³-hybridized carbons (Fsp3) is 0.400. The van der Waals surface area contributed by atoms with Gasteiger partial charge in [0.1, 0.15) is 0 Å². The molecule has 106 valence electrons. The lowest BCUT2D eigenvalue weighted by Crippen LogP contribution is -2.16. The van der Waals surface area contributed by atoms with Gasteiger partial charge in [0.05, 0.1) is 0 Å². The van der Waals surface area contributed by atoms with Gasteiger partial charge in [0.2, 0.25) is 0 Å². The number of aryl methyl sites for hydroxylation is 2. The van der Waals surface area contributed by atoms with Crippen LogP contribution in [-0.4, -0.2) is 27.2 Å². The van der Waals surface area contributed by atoms with Crippen LogP contribution < -0.4 is 5.32 Å². The van der Waals surface area contributed by atoms with Crippen molar-refractivity contribution in [3.63, 3.8) is 0 Å². The highest BCUT2D eigenvalue weighted by Crippen LogP contribution is 2.16. The number of rotatable bonds is 6. The van der Waals surface area contributed by atoms with Crippen LogP contribution in [0, 0.1) is 20.8 Å². The molecule has 0 fully saturated rings. The zero-order valence-electron chi connectivity index (χ0n) is 12.2. The highest BCUT2D eigenvalue weighted by molar-refractivity contribution is 7.99. The minimum absolute atomic E-state index is 0.848. The molecule has 0 aliphatic rings. The summed E-state index contributed by atoms with van der Waals surface area (Å²) in [6, 6.07) is 4.03. The van der Waals surface area contributed by atoms with Gasteiger partial charge < -0.3 is 5.32 Å². The molecule has 0 amide bonds. The van der Waals surface area contributed by atoms with E-state index in [1.54, 1.807) is 18.0 Å². The average molecular weight is 288 g/mol. The maximum atomic E-state index is 4.50. The van der Waals surface area contributed by atoms with E-state index in [9.17, 15) is 0 Å². The first kappa shape index (κ1) is 14.9. The summed E-state index contributed by atoms with van der Waals surface area (Å²) >= 11 is 1.69. The zero-order valence-corrected chi connectivity index (χ0v) is 13.0. The van der Waals surface area contributed by atoms with Gasteiger partial charge in [0, 0.05) is 42.6 Å². The van der Waals surface area contributed by atoms with Crippen molar-refractivity contribution in [1.29, 1.82) is 0 Å². The van der Waals surface area contributed by atoms with Gasteiger partial charge in [-0.25, -0.2) is 9.97 Å². The first-order valence-electron chi connectivity index (χ1n) is 6.71. The molecule has 0 aliphatic heterocycles. The van der Waals surface area contributed by atoms with Crippen molar-refractivity contribution < 1.29 is 0 Å². The first-order valence-corrected chi connectivity index (χ1v) is 7.69. The maximum Gasteiger partial charge on any atom is 0.188 e. The molecule has 0 aliphatic carbocycles. The standard InChI is InChI=1S/C15H20N4S/c1-11-12(2)18-15(19-13(11)3)20-8-7-17-10-14-5-4-6-16-9-14/h4-6,9,17H,7-8,10H2,1-3H3. The van der Waals surface area contributed by atoms with Crippen molar-refractivity contribution >= 4 is 11.8 Å². The molecular formula is C15H20N4S. The molecular weight excluding hydrogens is 268 g/mol. The lowest BCUT2D eigenvalue weighted by atomic mass is 10.2. The van der Waals surface area contributed by atoms with Crippen molar-refractivity contribution in [3.8, 4) is 0 Å². The molecule has 0 atom stereocenters. The van der Waals surface area contributed by atoms with Gasteiger partial charge in [-0.05, 0) is 38.0 Å². The number of aromatic nitrogens is 3. The number of thioether (sulfide) groups is 1. The Kier molecular flexibility index (Phi) is 5.49. The van der Waals surface area contributed by atoms with Crippen LogP contribution in [0.15, 0.2) is 29.7 Å². The zero-order chi connectivity index (χ0) is 14.4. The van der Waals surface area contributed by atoms with Crippen LogP contribution >= 0.6 is 11.8 Å². The Labute approximate surface area is 124 Å². The summed E-state index contributed by atoms with van der Waals surface area (Å²) in [5, 5.41) is 4.27. The molecule has 2 rings (SSSR count). The van der Waals surface area contributed by atoms with Crippen molar-refractivity contribution in [3.05, 3.63) is 47.0 Å². The predicted octanol–water partition coefficient (Wildman–Crippen LogP) is 2.68. The Hall–Kier alpha value is -1.46. The molecule has 0 radical (unpaired) electrons. The van der Waals surface area contributed by atoms with Gasteiger partial charge >= 0.3 is 0 Å². The second-order valence-electron chi connectivity index (χ2n) is 4.69. The summed E-state index contributed by atoms with van der Waals surface area (Å²) < 4.78 is 0. The molecule has 20 heavy (non-hydrogen) atoms. The third-order valence-electron chi connectivity index (χ3n) is 3.17. The van der Waals surface area contributed by atoms with Crippen LogP contribution in [0.5, 0.6) is 0 Å². The summed E-state index contributed by atoms with van der Waals surface area (Å²) in [6.07, 6.45) is 3.68. The van der Waals surface area contributed by atoms with Gasteiger partial charge in [-0.15, -0.1) is 0 Å². The Morgan fingerprint density at radius 1 is 1.15 bits per heavy atom. The number of hydrogen-bond acceptors (Lipinski definition) is 5. The monoisotopic (exact) mass is 288 g/mol. The van der Waals surface area contributed by atoms with Crippen molar-refractivity contribution in [1.82, 2.24) is 20.3 Å². The minimum Gasteiger partial charge on any atom is -0.312 e. The second-order valence-corrected chi connectivity index (χ2v) is 5.75. The highest BCUT2D eigenvalue weighted by Gasteiger charge is 2.04. The fourth-order valence-electron chi connectivity index (χ4n) is 1.76. The Morgan fingerprint density at radius 3 is 2.55 bits per heavy atom. The molecule has 0 bridgehead atoms. The number of pyridine rings is 1. The Bertz CT molecular complexity index is 534. The molecule has 2 aromatic rings. The first-order chi connectivity index (χ1) is 9.66. The molecule has 5 heteroatoms. The van der Waals surface area contributed by atoms with E-state index in [2.05, 4.69) is 33.3 Å². The molecule has 0 saturated heterocycles. The average Bonchev–Trinajstić information content (AvgIpc) is 2.45. The summed E-state index contributed by atoms with van der Waals surface area (Å²) in [5.74, 6) is 0.961. The predicted molar refractivity (Wildman–Crippen MR) is 82.9 cm³/mol. The molecule has 1 N–H and O–H groups in total. The molecule has 2 aromatic heterocycles. The summed E-state index contributed by atoms with van der Waals surface area (Å²) in [6.45, 7) is 7.91. The van der Waals surface area contributed by atoms with Crippen LogP contribution in [0.4, 0.5) is 0 Å². The highest BCUT2D eigenvalue weighted by atomic mass is 32.2. The van der Waals surface area contributed by atoms with Gasteiger partial charge in [0.25, 0.3) is 0 Å². The summed E-state index contributed by atoms with van der Waals surface area (Å²) in [4.78, 5) is 13.1. The maximum absolute atomic E-state index is 4.50. The minimum atomic E-state index is 0.848. The molecule has 0 saturated carbocycles. The van der Waals surface area contributed by atoms with E-state index in [4.69, 9.17) is 0 Å². The molecule has 0 aromatic carbocycles. The van der Waals surface area contributed by atoms with E-state index in [0.717, 1.165) is 35.4 Å². The smallest absolute Gasteiger partial charge is 0.188 e. The van der Waals surface area contributed by atoms with Crippen LogP contribution in [-0.2, 0) is 6.54 Å². The largest absolute Gasteiger partial charge is 0.312 e. The lowest BCUT2D eigenvalue weighted by Gasteiger charge is -2.07. The van der Waals surface area contributed by atoms with Gasteiger partial charge in [-0.3, -0.25) is 4.98 Å². The fourth-order valence-corrected chi connectivity index (χ4v) is 2.59. The van der Waals surface area contributed by atoms with Gasteiger partial charge in [-0.1, -0.05) is 17.8 Å².